The standard InChI is InChI=1S/C10H14Br4O/c1-9(13)4-3-6(7(12)8(9)15)10(2,14)5-11/h6-7H,3-5H2,1-2H3/t6-,7+,9+,10-/m1/s1. The first kappa shape index (κ1) is 14.7. The van der Waals surface area contributed by atoms with Crippen LogP contribution in [0.1, 0.15) is 26.7 Å². The second-order valence-electron chi connectivity index (χ2n) is 4.52. The SMILES string of the molecule is C[C@]1(Br)CC[C@@H]([C@](C)(Br)CBr)[C@H](Br)C1=O. The highest BCUT2D eigenvalue weighted by Crippen LogP contribution is 2.46. The molecule has 0 saturated heterocycles. The molecule has 0 spiro atoms. The highest BCUT2D eigenvalue weighted by molar-refractivity contribution is 9.12. The monoisotopic (exact) mass is 466 g/mol. The Hall–Kier alpha value is 1.59. The fraction of sp³-hybridized carbons (Fsp3) is 0.900. The molecule has 1 nitrogen and oxygen atoms in total. The van der Waals surface area contributed by atoms with Crippen molar-refractivity contribution < 1.29 is 4.79 Å². The molecule has 0 aromatic heterocycles. The van der Waals surface area contributed by atoms with Gasteiger partial charge in [-0.3, -0.25) is 4.79 Å². The second kappa shape index (κ2) is 5.07. The lowest BCUT2D eigenvalue weighted by atomic mass is 9.76. The minimum absolute atomic E-state index is 0.0275. The minimum atomic E-state index is -0.354. The van der Waals surface area contributed by atoms with Crippen LogP contribution in [0.5, 0.6) is 0 Å². The summed E-state index contributed by atoms with van der Waals surface area (Å²) in [5.41, 5.74) is 0. The number of ketones is 1. The Kier molecular flexibility index (Phi) is 4.95. The Morgan fingerprint density at radius 1 is 1.60 bits per heavy atom. The Bertz CT molecular complexity index is 262. The van der Waals surface area contributed by atoms with E-state index < -0.39 is 0 Å². The lowest BCUT2D eigenvalue weighted by Gasteiger charge is -2.41. The van der Waals surface area contributed by atoms with Gasteiger partial charge in [-0.2, -0.15) is 0 Å². The van der Waals surface area contributed by atoms with Gasteiger partial charge in [-0.1, -0.05) is 63.7 Å². The van der Waals surface area contributed by atoms with Gasteiger partial charge in [-0.05, 0) is 32.6 Å². The Labute approximate surface area is 125 Å². The molecular formula is C10H14Br4O. The van der Waals surface area contributed by atoms with E-state index in [0.717, 1.165) is 18.2 Å². The molecule has 0 unspecified atom stereocenters. The molecule has 0 amide bonds. The molecule has 1 fully saturated rings. The number of halogens is 4. The highest BCUT2D eigenvalue weighted by Gasteiger charge is 2.48. The van der Waals surface area contributed by atoms with Crippen molar-refractivity contribution in [1.82, 2.24) is 0 Å². The summed E-state index contributed by atoms with van der Waals surface area (Å²) >= 11 is 14.2. The van der Waals surface area contributed by atoms with E-state index in [1.54, 1.807) is 0 Å². The van der Waals surface area contributed by atoms with E-state index in [9.17, 15) is 4.79 Å². The molecule has 5 heteroatoms. The van der Waals surface area contributed by atoms with E-state index in [2.05, 4.69) is 70.6 Å². The summed E-state index contributed by atoms with van der Waals surface area (Å²) in [6, 6.07) is 0. The van der Waals surface area contributed by atoms with Crippen molar-refractivity contribution in [3.05, 3.63) is 0 Å². The molecule has 1 aliphatic carbocycles. The largest absolute Gasteiger partial charge is 0.297 e. The summed E-state index contributed by atoms with van der Waals surface area (Å²) in [4.78, 5) is 12.0. The van der Waals surface area contributed by atoms with Crippen LogP contribution in [0.25, 0.3) is 0 Å². The summed E-state index contributed by atoms with van der Waals surface area (Å²) < 4.78 is -0.382. The van der Waals surface area contributed by atoms with Crippen LogP contribution in [-0.4, -0.2) is 24.6 Å². The average Bonchev–Trinajstić information content (AvgIpc) is 2.14. The van der Waals surface area contributed by atoms with Gasteiger partial charge in [0.05, 0.1) is 9.15 Å². The molecule has 4 atom stereocenters. The van der Waals surface area contributed by atoms with Gasteiger partial charge < -0.3 is 0 Å². The van der Waals surface area contributed by atoms with Crippen LogP contribution in [-0.2, 0) is 4.79 Å². The molecule has 0 radical (unpaired) electrons. The summed E-state index contributed by atoms with van der Waals surface area (Å²) in [6.07, 6.45) is 1.93. The van der Waals surface area contributed by atoms with Crippen LogP contribution in [0.4, 0.5) is 0 Å². The van der Waals surface area contributed by atoms with E-state index in [0.29, 0.717) is 5.92 Å². The van der Waals surface area contributed by atoms with E-state index >= 15 is 0 Å². The molecule has 15 heavy (non-hydrogen) atoms. The van der Waals surface area contributed by atoms with Crippen molar-refractivity contribution in [2.75, 3.05) is 5.33 Å². The zero-order valence-corrected chi connectivity index (χ0v) is 15.0. The lowest BCUT2D eigenvalue weighted by Crippen LogP contribution is -2.50. The molecule has 1 saturated carbocycles. The van der Waals surface area contributed by atoms with Crippen LogP contribution >= 0.6 is 63.7 Å². The van der Waals surface area contributed by atoms with Crippen LogP contribution in [0.3, 0.4) is 0 Å². The fourth-order valence-electron chi connectivity index (χ4n) is 1.87. The molecule has 1 aliphatic rings. The number of hydrogen-bond acceptors (Lipinski definition) is 1. The maximum Gasteiger partial charge on any atom is 0.163 e. The number of Topliss-reactive ketones (excluding diaryl/α,β-unsaturated/α-hetero) is 1. The van der Waals surface area contributed by atoms with E-state index in [1.807, 2.05) is 6.92 Å². The summed E-state index contributed by atoms with van der Waals surface area (Å²) in [5, 5.41) is 0.846. The third kappa shape index (κ3) is 3.08. The fourth-order valence-corrected chi connectivity index (χ4v) is 5.27. The molecule has 88 valence electrons. The van der Waals surface area contributed by atoms with E-state index in [1.165, 1.54) is 0 Å². The van der Waals surface area contributed by atoms with Crippen molar-refractivity contribution in [3.8, 4) is 0 Å². The molecule has 1 rings (SSSR count). The average molecular weight is 470 g/mol. The molecule has 0 aliphatic heterocycles. The summed E-state index contributed by atoms with van der Waals surface area (Å²) in [5.74, 6) is 0.584. The first-order valence-electron chi connectivity index (χ1n) is 4.84. The lowest BCUT2D eigenvalue weighted by molar-refractivity contribution is -0.122. The van der Waals surface area contributed by atoms with Crippen molar-refractivity contribution in [2.24, 2.45) is 5.92 Å². The van der Waals surface area contributed by atoms with Gasteiger partial charge in [0, 0.05) is 9.65 Å². The number of hydrogen-bond donors (Lipinski definition) is 0. The quantitative estimate of drug-likeness (QED) is 0.547. The predicted molar refractivity (Wildman–Crippen MR) is 78.9 cm³/mol. The van der Waals surface area contributed by atoms with Crippen molar-refractivity contribution >= 4 is 69.5 Å². The third-order valence-electron chi connectivity index (χ3n) is 3.08. The van der Waals surface area contributed by atoms with Crippen molar-refractivity contribution in [1.29, 1.82) is 0 Å². The maximum atomic E-state index is 12.1. The predicted octanol–water partition coefficient (Wildman–Crippen LogP) is 4.43. The van der Waals surface area contributed by atoms with Crippen molar-refractivity contribution in [3.63, 3.8) is 0 Å². The van der Waals surface area contributed by atoms with Gasteiger partial charge in [0.2, 0.25) is 0 Å². The smallest absolute Gasteiger partial charge is 0.163 e. The van der Waals surface area contributed by atoms with Crippen LogP contribution in [0, 0.1) is 5.92 Å². The Balaban J connectivity index is 2.86. The summed E-state index contributed by atoms with van der Waals surface area (Å²) in [7, 11) is 0. The zero-order chi connectivity index (χ0) is 11.9. The topological polar surface area (TPSA) is 17.1 Å². The molecule has 0 aromatic carbocycles. The van der Waals surface area contributed by atoms with Gasteiger partial charge >= 0.3 is 0 Å². The maximum absolute atomic E-state index is 12.1. The van der Waals surface area contributed by atoms with Gasteiger partial charge in [0.25, 0.3) is 0 Å². The van der Waals surface area contributed by atoms with Crippen LogP contribution in [0.2, 0.25) is 0 Å². The molecule has 0 bridgehead atoms. The molecule has 0 N–H and O–H groups in total. The first-order chi connectivity index (χ1) is 6.72. The van der Waals surface area contributed by atoms with Crippen LogP contribution in [0.15, 0.2) is 0 Å². The molecule has 0 aromatic rings. The highest BCUT2D eigenvalue weighted by atomic mass is 79.9. The van der Waals surface area contributed by atoms with Gasteiger partial charge in [0.1, 0.15) is 0 Å². The van der Waals surface area contributed by atoms with Crippen LogP contribution < -0.4 is 0 Å². The normalized spacial score (nSPS) is 41.3. The van der Waals surface area contributed by atoms with Gasteiger partial charge in [-0.25, -0.2) is 0 Å². The molecule has 0 heterocycles. The van der Waals surface area contributed by atoms with Gasteiger partial charge in [0.15, 0.2) is 5.78 Å². The minimum Gasteiger partial charge on any atom is -0.297 e. The Morgan fingerprint density at radius 3 is 2.60 bits per heavy atom. The summed E-state index contributed by atoms with van der Waals surface area (Å²) in [6.45, 7) is 4.09. The number of rotatable bonds is 2. The first-order valence-corrected chi connectivity index (χ1v) is 8.47. The number of carbonyl (C=O) groups excluding carboxylic acids is 1. The second-order valence-corrected chi connectivity index (χ2v) is 9.63. The third-order valence-corrected chi connectivity index (χ3v) is 7.70. The molecular weight excluding hydrogens is 456 g/mol. The zero-order valence-electron chi connectivity index (χ0n) is 8.70. The van der Waals surface area contributed by atoms with E-state index in [4.69, 9.17) is 0 Å². The van der Waals surface area contributed by atoms with Gasteiger partial charge in [-0.15, -0.1) is 0 Å². The van der Waals surface area contributed by atoms with Crippen molar-refractivity contribution in [2.45, 2.75) is 40.2 Å². The van der Waals surface area contributed by atoms with E-state index in [-0.39, 0.29) is 19.3 Å². The number of carbonyl (C=O) groups is 1. The Morgan fingerprint density at radius 2 is 2.13 bits per heavy atom. The number of alkyl halides is 4.